The van der Waals surface area contributed by atoms with E-state index in [0.29, 0.717) is 11.5 Å². The van der Waals surface area contributed by atoms with Gasteiger partial charge in [-0.3, -0.25) is 4.79 Å². The topological polar surface area (TPSA) is 44.8 Å². The Hall–Kier alpha value is -1.80. The van der Waals surface area contributed by atoms with Crippen LogP contribution in [0.25, 0.3) is 0 Å². The normalized spacial score (nSPS) is 9.39. The molecule has 0 saturated heterocycles. The van der Waals surface area contributed by atoms with Crippen LogP contribution in [0.3, 0.4) is 0 Å². The van der Waals surface area contributed by atoms with Gasteiger partial charge in [-0.25, -0.2) is 0 Å². The van der Waals surface area contributed by atoms with E-state index >= 15 is 0 Å². The lowest BCUT2D eigenvalue weighted by Crippen LogP contribution is -2.03. The molecule has 0 aliphatic heterocycles. The average Bonchev–Trinajstić information content (AvgIpc) is 2.42. The van der Waals surface area contributed by atoms with Crippen molar-refractivity contribution in [3.8, 4) is 23.8 Å². The highest BCUT2D eigenvalue weighted by atomic mass is 32.2. The van der Waals surface area contributed by atoms with Gasteiger partial charge < -0.3 is 14.2 Å². The van der Waals surface area contributed by atoms with Crippen LogP contribution < -0.4 is 9.47 Å². The Labute approximate surface area is 111 Å². The second kappa shape index (κ2) is 7.51. The number of hydrogen-bond donors (Lipinski definition) is 0. The molecule has 0 aliphatic rings. The third kappa shape index (κ3) is 4.22. The molecule has 96 valence electrons. The molecule has 0 fully saturated rings. The second-order valence-electron chi connectivity index (χ2n) is 3.17. The Kier molecular flexibility index (Phi) is 5.95. The van der Waals surface area contributed by atoms with Crippen LogP contribution in [-0.2, 0) is 9.53 Å². The minimum atomic E-state index is -0.272. The zero-order valence-corrected chi connectivity index (χ0v) is 11.1. The standard InChI is InChI=1S/C13H14O4S/c1-4-7-17-11-6-5-10(8-12(11)15-2)18-9-13(14)16-3/h1,5-6,8H,7,9H2,2-3H3. The number of ether oxygens (including phenoxy) is 3. The molecule has 0 N–H and O–H groups in total. The zero-order valence-electron chi connectivity index (χ0n) is 10.3. The smallest absolute Gasteiger partial charge is 0.315 e. The molecule has 0 saturated carbocycles. The fourth-order valence-electron chi connectivity index (χ4n) is 1.18. The summed E-state index contributed by atoms with van der Waals surface area (Å²) in [7, 11) is 2.91. The predicted octanol–water partition coefficient (Wildman–Crippen LogP) is 1.97. The molecule has 0 heterocycles. The molecule has 0 aliphatic carbocycles. The van der Waals surface area contributed by atoms with Gasteiger partial charge in [0.15, 0.2) is 11.5 Å². The van der Waals surface area contributed by atoms with Crippen molar-refractivity contribution in [2.75, 3.05) is 26.6 Å². The number of carbonyl (C=O) groups is 1. The van der Waals surface area contributed by atoms with Gasteiger partial charge >= 0.3 is 5.97 Å². The molecule has 1 aromatic rings. The van der Waals surface area contributed by atoms with Gasteiger partial charge in [0.25, 0.3) is 0 Å². The Morgan fingerprint density at radius 2 is 2.17 bits per heavy atom. The van der Waals surface area contributed by atoms with Gasteiger partial charge in [-0.05, 0) is 18.2 Å². The van der Waals surface area contributed by atoms with Crippen LogP contribution in [0.1, 0.15) is 0 Å². The highest BCUT2D eigenvalue weighted by Crippen LogP contribution is 2.32. The van der Waals surface area contributed by atoms with Gasteiger partial charge in [-0.1, -0.05) is 5.92 Å². The molecule has 1 aromatic carbocycles. The predicted molar refractivity (Wildman–Crippen MR) is 70.1 cm³/mol. The van der Waals surface area contributed by atoms with E-state index < -0.39 is 0 Å². The van der Waals surface area contributed by atoms with Crippen molar-refractivity contribution in [1.29, 1.82) is 0 Å². The monoisotopic (exact) mass is 266 g/mol. The maximum atomic E-state index is 11.0. The van der Waals surface area contributed by atoms with E-state index in [-0.39, 0.29) is 18.3 Å². The van der Waals surface area contributed by atoms with Crippen molar-refractivity contribution in [2.45, 2.75) is 4.90 Å². The number of carbonyl (C=O) groups excluding carboxylic acids is 1. The van der Waals surface area contributed by atoms with Crippen LogP contribution in [0.2, 0.25) is 0 Å². The summed E-state index contributed by atoms with van der Waals surface area (Å²) in [5.74, 6) is 3.53. The molecule has 18 heavy (non-hydrogen) atoms. The van der Waals surface area contributed by atoms with Crippen molar-refractivity contribution in [3.63, 3.8) is 0 Å². The fraction of sp³-hybridized carbons (Fsp3) is 0.308. The summed E-state index contributed by atoms with van der Waals surface area (Å²) >= 11 is 1.36. The highest BCUT2D eigenvalue weighted by molar-refractivity contribution is 8.00. The third-order valence-corrected chi connectivity index (χ3v) is 3.00. The van der Waals surface area contributed by atoms with E-state index in [1.165, 1.54) is 18.9 Å². The highest BCUT2D eigenvalue weighted by Gasteiger charge is 2.07. The van der Waals surface area contributed by atoms with Crippen LogP contribution in [-0.4, -0.2) is 32.5 Å². The molecule has 0 unspecified atom stereocenters. The van der Waals surface area contributed by atoms with E-state index in [1.54, 1.807) is 19.2 Å². The number of esters is 1. The first-order valence-electron chi connectivity index (χ1n) is 5.15. The quantitative estimate of drug-likeness (QED) is 0.447. The number of terminal acetylenes is 1. The van der Waals surface area contributed by atoms with Crippen LogP contribution in [0, 0.1) is 12.3 Å². The molecule has 0 amide bonds. The Balaban J connectivity index is 2.72. The van der Waals surface area contributed by atoms with E-state index in [1.807, 2.05) is 6.07 Å². The minimum Gasteiger partial charge on any atom is -0.493 e. The number of methoxy groups -OCH3 is 2. The van der Waals surface area contributed by atoms with Gasteiger partial charge in [0.1, 0.15) is 6.61 Å². The van der Waals surface area contributed by atoms with Gasteiger partial charge in [-0.15, -0.1) is 18.2 Å². The molecule has 0 aromatic heterocycles. The first kappa shape index (κ1) is 14.3. The molecule has 0 atom stereocenters. The minimum absolute atomic E-state index is 0.186. The first-order valence-corrected chi connectivity index (χ1v) is 6.13. The zero-order chi connectivity index (χ0) is 13.4. The van der Waals surface area contributed by atoms with Gasteiger partial charge in [0, 0.05) is 4.90 Å². The van der Waals surface area contributed by atoms with E-state index in [2.05, 4.69) is 10.7 Å². The SMILES string of the molecule is C#CCOc1ccc(SCC(=O)OC)cc1OC. The van der Waals surface area contributed by atoms with Crippen LogP contribution in [0.4, 0.5) is 0 Å². The Morgan fingerprint density at radius 3 is 2.78 bits per heavy atom. The fourth-order valence-corrected chi connectivity index (χ4v) is 1.93. The van der Waals surface area contributed by atoms with Gasteiger partial charge in [0.2, 0.25) is 0 Å². The van der Waals surface area contributed by atoms with Crippen molar-refractivity contribution < 1.29 is 19.0 Å². The summed E-state index contributed by atoms with van der Waals surface area (Å²) in [5, 5.41) is 0. The molecule has 5 heteroatoms. The first-order chi connectivity index (χ1) is 8.71. The Morgan fingerprint density at radius 1 is 1.39 bits per heavy atom. The molecular weight excluding hydrogens is 252 g/mol. The molecule has 1 rings (SSSR count). The lowest BCUT2D eigenvalue weighted by Gasteiger charge is -2.10. The molecule has 0 radical (unpaired) electrons. The third-order valence-electron chi connectivity index (χ3n) is 2.03. The van der Waals surface area contributed by atoms with Gasteiger partial charge in [-0.2, -0.15) is 0 Å². The van der Waals surface area contributed by atoms with Crippen LogP contribution in [0.5, 0.6) is 11.5 Å². The maximum Gasteiger partial charge on any atom is 0.315 e. The van der Waals surface area contributed by atoms with Crippen LogP contribution >= 0.6 is 11.8 Å². The average molecular weight is 266 g/mol. The summed E-state index contributed by atoms with van der Waals surface area (Å²) < 4.78 is 15.1. The summed E-state index contributed by atoms with van der Waals surface area (Å²) in [5.41, 5.74) is 0. The summed E-state index contributed by atoms with van der Waals surface area (Å²) in [6.45, 7) is 0.186. The van der Waals surface area contributed by atoms with E-state index in [9.17, 15) is 4.79 Å². The van der Waals surface area contributed by atoms with Crippen molar-refractivity contribution in [2.24, 2.45) is 0 Å². The summed E-state index contributed by atoms with van der Waals surface area (Å²) in [4.78, 5) is 11.9. The lowest BCUT2D eigenvalue weighted by atomic mass is 10.3. The molecule has 4 nitrogen and oxygen atoms in total. The lowest BCUT2D eigenvalue weighted by molar-refractivity contribution is -0.137. The second-order valence-corrected chi connectivity index (χ2v) is 4.22. The van der Waals surface area contributed by atoms with Crippen molar-refractivity contribution in [1.82, 2.24) is 0 Å². The van der Waals surface area contributed by atoms with Gasteiger partial charge in [0.05, 0.1) is 20.0 Å². The van der Waals surface area contributed by atoms with E-state index in [0.717, 1.165) is 4.90 Å². The number of rotatable bonds is 6. The molecule has 0 spiro atoms. The Bertz CT molecular complexity index is 451. The number of hydrogen-bond acceptors (Lipinski definition) is 5. The summed E-state index contributed by atoms with van der Waals surface area (Å²) in [6.07, 6.45) is 5.12. The molecular formula is C13H14O4S. The largest absolute Gasteiger partial charge is 0.493 e. The van der Waals surface area contributed by atoms with Crippen LogP contribution in [0.15, 0.2) is 23.1 Å². The number of benzene rings is 1. The van der Waals surface area contributed by atoms with Crippen molar-refractivity contribution in [3.05, 3.63) is 18.2 Å². The summed E-state index contributed by atoms with van der Waals surface area (Å²) in [6, 6.07) is 5.39. The molecule has 0 bridgehead atoms. The van der Waals surface area contributed by atoms with E-state index in [4.69, 9.17) is 15.9 Å². The number of thioether (sulfide) groups is 1. The van der Waals surface area contributed by atoms with Crippen molar-refractivity contribution >= 4 is 17.7 Å². The maximum absolute atomic E-state index is 11.0.